The van der Waals surface area contributed by atoms with Crippen molar-refractivity contribution in [3.05, 3.63) is 96.0 Å². The average molecular weight is 573 g/mol. The topological polar surface area (TPSA) is 9.23 Å². The number of hydrogen-bond acceptors (Lipinski definition) is 1. The zero-order valence-corrected chi connectivity index (χ0v) is 25.0. The van der Waals surface area contributed by atoms with Crippen LogP contribution in [0.25, 0.3) is 27.8 Å². The molecule has 1 unspecified atom stereocenters. The summed E-state index contributed by atoms with van der Waals surface area (Å²) in [5.41, 5.74) is 4.04. The minimum absolute atomic E-state index is 0.130. The molecule has 0 spiro atoms. The summed E-state index contributed by atoms with van der Waals surface area (Å²) in [6.45, 7) is 4.01. The molecule has 0 saturated heterocycles. The predicted octanol–water partition coefficient (Wildman–Crippen LogP) is 11.9. The van der Waals surface area contributed by atoms with E-state index in [9.17, 15) is 8.78 Å². The second-order valence-electron chi connectivity index (χ2n) is 12.1. The standard InChI is InChI=1S/C38H43F3O/c1-3-5-6-7-26-8-10-27(11-9-26)28-12-14-29(15-13-28)32-20-21-33(35(39)25-32)30-16-18-31(19-17-30)34-22-23-36(42-24-4-2)38(41)37(34)40/h4,14,16-28H,3,5-13,15H2,1-2H3. The lowest BCUT2D eigenvalue weighted by atomic mass is 9.70. The van der Waals surface area contributed by atoms with Gasteiger partial charge in [-0.05, 0) is 97.2 Å². The van der Waals surface area contributed by atoms with E-state index in [0.717, 1.165) is 36.2 Å². The monoisotopic (exact) mass is 572 g/mol. The Bertz CT molecular complexity index is 1400. The maximum Gasteiger partial charge on any atom is 0.201 e. The smallest absolute Gasteiger partial charge is 0.201 e. The third-order valence-corrected chi connectivity index (χ3v) is 9.45. The molecule has 0 N–H and O–H groups in total. The molecule has 2 aliphatic carbocycles. The molecule has 0 aromatic heterocycles. The number of hydrogen-bond donors (Lipinski definition) is 0. The van der Waals surface area contributed by atoms with E-state index in [1.54, 1.807) is 43.3 Å². The molecule has 1 saturated carbocycles. The Morgan fingerprint density at radius 2 is 1.45 bits per heavy atom. The molecule has 4 heteroatoms. The van der Waals surface area contributed by atoms with E-state index >= 15 is 4.39 Å². The number of allylic oxidation sites excluding steroid dienone is 3. The van der Waals surface area contributed by atoms with Crippen LogP contribution in [-0.2, 0) is 0 Å². The second kappa shape index (κ2) is 14.3. The Hall–Kier alpha value is -3.27. The largest absolute Gasteiger partial charge is 0.462 e. The number of ether oxygens (including phenoxy) is 1. The molecule has 0 radical (unpaired) electrons. The highest BCUT2D eigenvalue weighted by Crippen LogP contribution is 2.42. The van der Waals surface area contributed by atoms with Crippen LogP contribution < -0.4 is 4.74 Å². The maximum absolute atomic E-state index is 15.3. The zero-order chi connectivity index (χ0) is 29.5. The number of halogens is 3. The third kappa shape index (κ3) is 7.02. The molecule has 5 rings (SSSR count). The average Bonchev–Trinajstić information content (AvgIpc) is 3.02. The summed E-state index contributed by atoms with van der Waals surface area (Å²) in [5, 5.41) is 0. The maximum atomic E-state index is 15.3. The Kier molecular flexibility index (Phi) is 10.3. The molecule has 0 aliphatic heterocycles. The van der Waals surface area contributed by atoms with Crippen molar-refractivity contribution < 1.29 is 17.9 Å². The first-order valence-corrected chi connectivity index (χ1v) is 15.8. The normalized spacial score (nSPS) is 21.0. The summed E-state index contributed by atoms with van der Waals surface area (Å²) in [6.07, 6.45) is 19.6. The van der Waals surface area contributed by atoms with Gasteiger partial charge in [-0.25, -0.2) is 8.78 Å². The van der Waals surface area contributed by atoms with Crippen molar-refractivity contribution in [1.29, 1.82) is 0 Å². The number of rotatable bonds is 10. The van der Waals surface area contributed by atoms with E-state index in [-0.39, 0.29) is 17.1 Å². The van der Waals surface area contributed by atoms with Crippen molar-refractivity contribution in [3.8, 4) is 28.0 Å². The molecule has 222 valence electrons. The first-order chi connectivity index (χ1) is 20.5. The van der Waals surface area contributed by atoms with Crippen LogP contribution >= 0.6 is 0 Å². The van der Waals surface area contributed by atoms with Gasteiger partial charge in [0.15, 0.2) is 11.6 Å². The van der Waals surface area contributed by atoms with Crippen LogP contribution in [-0.4, -0.2) is 0 Å². The number of unbranched alkanes of at least 4 members (excludes halogenated alkanes) is 2. The van der Waals surface area contributed by atoms with Gasteiger partial charge in [-0.3, -0.25) is 0 Å². The third-order valence-electron chi connectivity index (χ3n) is 9.45. The van der Waals surface area contributed by atoms with Gasteiger partial charge in [0.2, 0.25) is 5.82 Å². The summed E-state index contributed by atoms with van der Waals surface area (Å²) < 4.78 is 49.6. The number of benzene rings is 3. The Morgan fingerprint density at radius 3 is 2.10 bits per heavy atom. The summed E-state index contributed by atoms with van der Waals surface area (Å²) in [7, 11) is 0. The summed E-state index contributed by atoms with van der Waals surface area (Å²) in [4.78, 5) is 0. The molecule has 42 heavy (non-hydrogen) atoms. The van der Waals surface area contributed by atoms with E-state index in [2.05, 4.69) is 13.0 Å². The van der Waals surface area contributed by atoms with Gasteiger partial charge in [-0.15, -0.1) is 0 Å². The van der Waals surface area contributed by atoms with E-state index in [1.165, 1.54) is 81.8 Å². The van der Waals surface area contributed by atoms with E-state index in [4.69, 9.17) is 4.74 Å². The Morgan fingerprint density at radius 1 is 0.762 bits per heavy atom. The molecule has 1 nitrogen and oxygen atoms in total. The molecule has 0 amide bonds. The summed E-state index contributed by atoms with van der Waals surface area (Å²) in [5.74, 6) is 0.108. The van der Waals surface area contributed by atoms with Gasteiger partial charge in [-0.2, -0.15) is 4.39 Å². The van der Waals surface area contributed by atoms with Crippen LogP contribution in [0.1, 0.15) is 90.0 Å². The predicted molar refractivity (Wildman–Crippen MR) is 168 cm³/mol. The molecule has 1 fully saturated rings. The minimum Gasteiger partial charge on any atom is -0.462 e. The van der Waals surface area contributed by atoms with E-state index < -0.39 is 11.6 Å². The van der Waals surface area contributed by atoms with Crippen LogP contribution in [0.5, 0.6) is 5.75 Å². The fourth-order valence-corrected chi connectivity index (χ4v) is 6.94. The molecular weight excluding hydrogens is 529 g/mol. The Balaban J connectivity index is 1.21. The van der Waals surface area contributed by atoms with E-state index in [1.807, 2.05) is 12.1 Å². The molecule has 2 aliphatic rings. The lowest BCUT2D eigenvalue weighted by Crippen LogP contribution is -2.23. The van der Waals surface area contributed by atoms with Gasteiger partial charge < -0.3 is 4.74 Å². The first-order valence-electron chi connectivity index (χ1n) is 15.8. The fraction of sp³-hybridized carbons (Fsp3) is 0.421. The highest BCUT2D eigenvalue weighted by Gasteiger charge is 2.28. The van der Waals surface area contributed by atoms with Crippen molar-refractivity contribution >= 4 is 5.57 Å². The van der Waals surface area contributed by atoms with Crippen molar-refractivity contribution in [2.45, 2.75) is 84.5 Å². The lowest BCUT2D eigenvalue weighted by molar-refractivity contribution is 0.187. The van der Waals surface area contributed by atoms with Crippen molar-refractivity contribution in [3.63, 3.8) is 0 Å². The van der Waals surface area contributed by atoms with Gasteiger partial charge in [-0.1, -0.05) is 94.0 Å². The molecule has 3 aromatic rings. The zero-order valence-electron chi connectivity index (χ0n) is 25.0. The van der Waals surface area contributed by atoms with Crippen molar-refractivity contribution in [1.82, 2.24) is 0 Å². The first kappa shape index (κ1) is 30.2. The second-order valence-corrected chi connectivity index (χ2v) is 12.1. The highest BCUT2D eigenvalue weighted by atomic mass is 19.2. The molecule has 3 aromatic carbocycles. The van der Waals surface area contributed by atoms with Gasteiger partial charge in [0, 0.05) is 11.1 Å². The van der Waals surface area contributed by atoms with Gasteiger partial charge in [0.25, 0.3) is 0 Å². The van der Waals surface area contributed by atoms with Gasteiger partial charge in [0.1, 0.15) is 5.82 Å². The SMILES string of the molecule is CC=COc1ccc(-c2ccc(-c3ccc(C4=CCC(C5CCC(CCCCC)CC5)CC4)cc3F)cc2)c(F)c1F. The molecule has 1 atom stereocenters. The summed E-state index contributed by atoms with van der Waals surface area (Å²) in [6, 6.07) is 15.3. The quantitative estimate of drug-likeness (QED) is 0.173. The highest BCUT2D eigenvalue weighted by molar-refractivity contribution is 5.74. The minimum atomic E-state index is -1.04. The lowest BCUT2D eigenvalue weighted by Gasteiger charge is -2.35. The van der Waals surface area contributed by atoms with Crippen LogP contribution in [0, 0.1) is 35.2 Å². The fourth-order valence-electron chi connectivity index (χ4n) is 6.94. The molecule has 0 bridgehead atoms. The molecular formula is C38H43F3O. The van der Waals surface area contributed by atoms with E-state index in [0.29, 0.717) is 16.7 Å². The van der Waals surface area contributed by atoms with Crippen LogP contribution in [0.3, 0.4) is 0 Å². The van der Waals surface area contributed by atoms with Crippen LogP contribution in [0.2, 0.25) is 0 Å². The van der Waals surface area contributed by atoms with Crippen LogP contribution in [0.4, 0.5) is 13.2 Å². The molecule has 0 heterocycles. The van der Waals surface area contributed by atoms with Gasteiger partial charge >= 0.3 is 0 Å². The van der Waals surface area contributed by atoms with Crippen molar-refractivity contribution in [2.24, 2.45) is 17.8 Å². The van der Waals surface area contributed by atoms with Crippen molar-refractivity contribution in [2.75, 3.05) is 0 Å². The van der Waals surface area contributed by atoms with Crippen LogP contribution in [0.15, 0.2) is 73.0 Å². The summed E-state index contributed by atoms with van der Waals surface area (Å²) >= 11 is 0. The Labute approximate surface area is 249 Å². The van der Waals surface area contributed by atoms with Gasteiger partial charge in [0.05, 0.1) is 6.26 Å².